The minimum atomic E-state index is -1.35. The predicted molar refractivity (Wildman–Crippen MR) is 78.7 cm³/mol. The first-order valence-corrected chi connectivity index (χ1v) is 7.48. The second-order valence-corrected chi connectivity index (χ2v) is 6.03. The molecule has 0 spiro atoms. The van der Waals surface area contributed by atoms with E-state index < -0.39 is 35.0 Å². The molecule has 128 valence electrons. The Bertz CT molecular complexity index is 778. The average Bonchev–Trinajstić information content (AvgIpc) is 3.09. The number of hydrogen-bond donors (Lipinski definition) is 2. The summed E-state index contributed by atoms with van der Waals surface area (Å²) in [6.45, 7) is 2.04. The van der Waals surface area contributed by atoms with E-state index in [1.807, 2.05) is 13.0 Å². The van der Waals surface area contributed by atoms with Gasteiger partial charge in [0.25, 0.3) is 5.91 Å². The molecule has 2 atom stereocenters. The zero-order chi connectivity index (χ0) is 17.4. The van der Waals surface area contributed by atoms with Crippen LogP contribution in [0.2, 0.25) is 0 Å². The third kappa shape index (κ3) is 3.14. The number of aromatic amines is 1. The molecule has 0 radical (unpaired) electrons. The van der Waals surface area contributed by atoms with Crippen molar-refractivity contribution in [1.82, 2.24) is 15.1 Å². The maximum atomic E-state index is 13.7. The number of rotatable bonds is 3. The molecule has 1 saturated heterocycles. The van der Waals surface area contributed by atoms with Crippen molar-refractivity contribution in [3.8, 4) is 0 Å². The minimum Gasteiger partial charge on any atom is -0.391 e. The number of nitrogens with zero attached hydrogens (tertiary/aromatic N) is 2. The Morgan fingerprint density at radius 2 is 1.96 bits per heavy atom. The molecule has 2 N–H and O–H groups in total. The van der Waals surface area contributed by atoms with Crippen LogP contribution >= 0.6 is 0 Å². The highest BCUT2D eigenvalue weighted by molar-refractivity contribution is 5.94. The van der Waals surface area contributed by atoms with Crippen molar-refractivity contribution in [2.24, 2.45) is 5.92 Å². The number of carbonyl (C=O) groups is 1. The highest BCUT2D eigenvalue weighted by atomic mass is 19.2. The highest BCUT2D eigenvalue weighted by Crippen LogP contribution is 2.24. The van der Waals surface area contributed by atoms with E-state index in [1.54, 1.807) is 0 Å². The SMILES string of the molecule is Cc1cc(C[C@@H]2CN(C(=O)c3cc(F)c(F)cc3F)C[C@H]2O)n[nH]1. The number of hydrogen-bond acceptors (Lipinski definition) is 3. The number of H-pyrrole nitrogens is 1. The number of aliphatic hydroxyl groups is 1. The fourth-order valence-corrected chi connectivity index (χ4v) is 2.93. The molecule has 24 heavy (non-hydrogen) atoms. The van der Waals surface area contributed by atoms with Gasteiger partial charge in [0.1, 0.15) is 5.82 Å². The number of amides is 1. The summed E-state index contributed by atoms with van der Waals surface area (Å²) in [5, 5.41) is 17.0. The summed E-state index contributed by atoms with van der Waals surface area (Å²) >= 11 is 0. The summed E-state index contributed by atoms with van der Waals surface area (Å²) in [4.78, 5) is 13.6. The Labute approximate surface area is 136 Å². The maximum absolute atomic E-state index is 13.7. The number of nitrogens with one attached hydrogen (secondary N) is 1. The molecule has 1 aliphatic rings. The standard InChI is InChI=1S/C16H16F3N3O2/c1-8-2-10(21-20-8)3-9-6-22(7-15(9)23)16(24)11-4-13(18)14(19)5-12(11)17/h2,4-5,9,15,23H,3,6-7H2,1H3,(H,20,21)/t9-,15-/m1/s1. The monoisotopic (exact) mass is 339 g/mol. The molecular formula is C16H16F3N3O2. The van der Waals surface area contributed by atoms with Gasteiger partial charge in [0.05, 0.1) is 17.4 Å². The molecule has 8 heteroatoms. The van der Waals surface area contributed by atoms with E-state index in [2.05, 4.69) is 10.2 Å². The molecule has 0 aliphatic carbocycles. The molecule has 1 aromatic heterocycles. The molecule has 0 saturated carbocycles. The fraction of sp³-hybridized carbons (Fsp3) is 0.375. The second kappa shape index (κ2) is 6.27. The Hall–Kier alpha value is -2.35. The van der Waals surface area contributed by atoms with Gasteiger partial charge in [0, 0.05) is 30.8 Å². The number of halogens is 3. The molecule has 1 amide bonds. The molecule has 5 nitrogen and oxygen atoms in total. The van der Waals surface area contributed by atoms with Gasteiger partial charge in [-0.25, -0.2) is 13.2 Å². The molecule has 3 rings (SSSR count). The van der Waals surface area contributed by atoms with Gasteiger partial charge in [0.15, 0.2) is 11.6 Å². The van der Waals surface area contributed by atoms with Crippen LogP contribution < -0.4 is 0 Å². The molecule has 1 aromatic carbocycles. The summed E-state index contributed by atoms with van der Waals surface area (Å²) in [7, 11) is 0. The lowest BCUT2D eigenvalue weighted by molar-refractivity contribution is 0.0759. The van der Waals surface area contributed by atoms with Crippen molar-refractivity contribution in [1.29, 1.82) is 0 Å². The van der Waals surface area contributed by atoms with Crippen molar-refractivity contribution >= 4 is 5.91 Å². The van der Waals surface area contributed by atoms with Crippen LogP contribution in [0.3, 0.4) is 0 Å². The van der Waals surface area contributed by atoms with Crippen LogP contribution in [0.4, 0.5) is 13.2 Å². The molecule has 1 fully saturated rings. The maximum Gasteiger partial charge on any atom is 0.257 e. The largest absolute Gasteiger partial charge is 0.391 e. The van der Waals surface area contributed by atoms with Crippen LogP contribution in [0.5, 0.6) is 0 Å². The van der Waals surface area contributed by atoms with Crippen LogP contribution in [0.15, 0.2) is 18.2 Å². The molecular weight excluding hydrogens is 323 g/mol. The summed E-state index contributed by atoms with van der Waals surface area (Å²) < 4.78 is 40.0. The number of aliphatic hydroxyl groups excluding tert-OH is 1. The van der Waals surface area contributed by atoms with E-state index in [4.69, 9.17) is 0 Å². The zero-order valence-corrected chi connectivity index (χ0v) is 12.9. The summed E-state index contributed by atoms with van der Waals surface area (Å²) in [6, 6.07) is 2.73. The van der Waals surface area contributed by atoms with Gasteiger partial charge >= 0.3 is 0 Å². The van der Waals surface area contributed by atoms with Crippen molar-refractivity contribution < 1.29 is 23.1 Å². The first-order chi connectivity index (χ1) is 11.3. The Morgan fingerprint density at radius 1 is 1.25 bits per heavy atom. The zero-order valence-electron chi connectivity index (χ0n) is 12.9. The van der Waals surface area contributed by atoms with Crippen LogP contribution in [-0.2, 0) is 6.42 Å². The van der Waals surface area contributed by atoms with E-state index in [-0.39, 0.29) is 19.0 Å². The Kier molecular flexibility index (Phi) is 4.31. The van der Waals surface area contributed by atoms with E-state index in [1.165, 1.54) is 4.90 Å². The number of aromatic nitrogens is 2. The normalized spacial score (nSPS) is 20.6. The van der Waals surface area contributed by atoms with Gasteiger partial charge in [0.2, 0.25) is 0 Å². The smallest absolute Gasteiger partial charge is 0.257 e. The summed E-state index contributed by atoms with van der Waals surface area (Å²) in [5.41, 5.74) is 1.09. The third-order valence-electron chi connectivity index (χ3n) is 4.16. The number of aryl methyl sites for hydroxylation is 1. The quantitative estimate of drug-likeness (QED) is 0.838. The molecule has 1 aliphatic heterocycles. The van der Waals surface area contributed by atoms with E-state index in [0.717, 1.165) is 11.4 Å². The van der Waals surface area contributed by atoms with Gasteiger partial charge in [-0.15, -0.1) is 0 Å². The van der Waals surface area contributed by atoms with E-state index >= 15 is 0 Å². The van der Waals surface area contributed by atoms with Gasteiger partial charge in [-0.1, -0.05) is 0 Å². The number of β-amino-alcohol motifs (C(OH)–C–C–N with tert-alkyl or cyclic N) is 1. The van der Waals surface area contributed by atoms with Crippen LogP contribution in [-0.4, -0.2) is 45.3 Å². The van der Waals surface area contributed by atoms with Gasteiger partial charge in [-0.05, 0) is 25.5 Å². The number of likely N-dealkylation sites (tertiary alicyclic amines) is 1. The second-order valence-electron chi connectivity index (χ2n) is 6.03. The van der Waals surface area contributed by atoms with Crippen molar-refractivity contribution in [2.45, 2.75) is 19.4 Å². The van der Waals surface area contributed by atoms with E-state index in [9.17, 15) is 23.1 Å². The molecule has 0 bridgehead atoms. The Morgan fingerprint density at radius 3 is 2.62 bits per heavy atom. The van der Waals surface area contributed by atoms with Gasteiger partial charge in [-0.2, -0.15) is 5.10 Å². The Balaban J connectivity index is 1.74. The van der Waals surface area contributed by atoms with Crippen LogP contribution in [0.1, 0.15) is 21.7 Å². The fourth-order valence-electron chi connectivity index (χ4n) is 2.93. The highest BCUT2D eigenvalue weighted by Gasteiger charge is 2.35. The minimum absolute atomic E-state index is 0.00530. The lowest BCUT2D eigenvalue weighted by atomic mass is 10.0. The first kappa shape index (κ1) is 16.5. The average molecular weight is 339 g/mol. The molecule has 0 unspecified atom stereocenters. The van der Waals surface area contributed by atoms with Gasteiger partial charge < -0.3 is 10.0 Å². The van der Waals surface area contributed by atoms with Crippen molar-refractivity contribution in [3.63, 3.8) is 0 Å². The predicted octanol–water partition coefficient (Wildman–Crippen LogP) is 1.81. The van der Waals surface area contributed by atoms with Crippen LogP contribution in [0.25, 0.3) is 0 Å². The lowest BCUT2D eigenvalue weighted by Gasteiger charge is -2.16. The summed E-state index contributed by atoms with van der Waals surface area (Å²) in [5.74, 6) is -4.80. The van der Waals surface area contributed by atoms with E-state index in [0.29, 0.717) is 18.6 Å². The lowest BCUT2D eigenvalue weighted by Crippen LogP contribution is -2.30. The number of benzene rings is 1. The molecule has 2 heterocycles. The van der Waals surface area contributed by atoms with Crippen molar-refractivity contribution in [3.05, 3.63) is 52.6 Å². The van der Waals surface area contributed by atoms with Crippen LogP contribution in [0, 0.1) is 30.3 Å². The number of carbonyl (C=O) groups excluding carboxylic acids is 1. The first-order valence-electron chi connectivity index (χ1n) is 7.48. The van der Waals surface area contributed by atoms with Gasteiger partial charge in [-0.3, -0.25) is 9.89 Å². The molecule has 2 aromatic rings. The third-order valence-corrected chi connectivity index (χ3v) is 4.16. The summed E-state index contributed by atoms with van der Waals surface area (Å²) in [6.07, 6.45) is -0.338. The topological polar surface area (TPSA) is 69.2 Å². The van der Waals surface area contributed by atoms with Crippen molar-refractivity contribution in [2.75, 3.05) is 13.1 Å².